The Morgan fingerprint density at radius 2 is 1.64 bits per heavy atom. The lowest BCUT2D eigenvalue weighted by atomic mass is 10.0. The molecule has 0 aromatic heterocycles. The van der Waals surface area contributed by atoms with Gasteiger partial charge in [-0.3, -0.25) is 9.10 Å². The molecule has 11 heteroatoms. The zero-order chi connectivity index (χ0) is 24.2. The minimum Gasteiger partial charge on any atom is -0.379 e. The largest absolute Gasteiger partial charge is 0.379 e. The van der Waals surface area contributed by atoms with Crippen LogP contribution in [0.3, 0.4) is 0 Å². The second-order valence-corrected chi connectivity index (χ2v) is 11.9. The van der Waals surface area contributed by atoms with Gasteiger partial charge in [0.25, 0.3) is 0 Å². The van der Waals surface area contributed by atoms with Gasteiger partial charge in [-0.05, 0) is 41.8 Å². The van der Waals surface area contributed by atoms with Crippen molar-refractivity contribution in [2.75, 3.05) is 48.7 Å². The third kappa shape index (κ3) is 6.11. The van der Waals surface area contributed by atoms with E-state index in [0.29, 0.717) is 18.9 Å². The van der Waals surface area contributed by atoms with E-state index < -0.39 is 32.5 Å². The van der Waals surface area contributed by atoms with Crippen molar-refractivity contribution < 1.29 is 26.4 Å². The Hall–Kier alpha value is -2.47. The number of sulfonamides is 2. The van der Waals surface area contributed by atoms with E-state index >= 15 is 0 Å². The summed E-state index contributed by atoms with van der Waals surface area (Å²) in [6.07, 6.45) is 1.00. The monoisotopic (exact) mass is 495 g/mol. The molecule has 0 bridgehead atoms. The lowest BCUT2D eigenvalue weighted by molar-refractivity contribution is -0.114. The van der Waals surface area contributed by atoms with Gasteiger partial charge in [-0.15, -0.1) is 0 Å². The number of amides is 1. The molecule has 1 heterocycles. The zero-order valence-electron chi connectivity index (χ0n) is 18.9. The summed E-state index contributed by atoms with van der Waals surface area (Å²) in [6, 6.07) is 12.8. The molecular formula is C22H29N3O6S2. The highest BCUT2D eigenvalue weighted by Crippen LogP contribution is 2.25. The average molecular weight is 496 g/mol. The molecule has 1 amide bonds. The van der Waals surface area contributed by atoms with Crippen LogP contribution in [0.15, 0.2) is 53.4 Å². The number of ether oxygens (including phenoxy) is 1. The molecule has 1 fully saturated rings. The number of para-hydroxylation sites is 1. The highest BCUT2D eigenvalue weighted by atomic mass is 32.2. The number of carbonyl (C=O) groups is 1. The summed E-state index contributed by atoms with van der Waals surface area (Å²) in [5.41, 5.74) is 1.76. The van der Waals surface area contributed by atoms with Crippen LogP contribution in [0.4, 0.5) is 11.4 Å². The van der Waals surface area contributed by atoms with Gasteiger partial charge in [0.1, 0.15) is 6.54 Å². The summed E-state index contributed by atoms with van der Waals surface area (Å²) in [4.78, 5) is 12.8. The molecule has 1 saturated heterocycles. The van der Waals surface area contributed by atoms with E-state index in [4.69, 9.17) is 4.74 Å². The van der Waals surface area contributed by atoms with Crippen molar-refractivity contribution in [2.45, 2.75) is 24.7 Å². The molecule has 180 valence electrons. The molecule has 0 atom stereocenters. The smallest absolute Gasteiger partial charge is 0.245 e. The second kappa shape index (κ2) is 10.2. The number of hydrogen-bond acceptors (Lipinski definition) is 6. The molecule has 9 nitrogen and oxygen atoms in total. The molecule has 0 spiro atoms. The molecule has 1 aliphatic rings. The predicted molar refractivity (Wildman–Crippen MR) is 127 cm³/mol. The number of rotatable bonds is 8. The first-order valence-corrected chi connectivity index (χ1v) is 13.8. The van der Waals surface area contributed by atoms with Gasteiger partial charge in [0, 0.05) is 18.8 Å². The summed E-state index contributed by atoms with van der Waals surface area (Å²) in [7, 11) is -7.52. The normalized spacial score (nSPS) is 15.4. The maximum atomic E-state index is 12.8. The van der Waals surface area contributed by atoms with Crippen molar-refractivity contribution in [1.29, 1.82) is 0 Å². The van der Waals surface area contributed by atoms with Crippen LogP contribution < -0.4 is 9.62 Å². The van der Waals surface area contributed by atoms with E-state index in [1.54, 1.807) is 12.1 Å². The van der Waals surface area contributed by atoms with Crippen molar-refractivity contribution in [3.05, 3.63) is 54.1 Å². The van der Waals surface area contributed by atoms with E-state index in [-0.39, 0.29) is 29.6 Å². The molecule has 0 radical (unpaired) electrons. The van der Waals surface area contributed by atoms with Crippen LogP contribution in [0.25, 0.3) is 0 Å². The number of anilines is 2. The van der Waals surface area contributed by atoms with Gasteiger partial charge in [0.15, 0.2) is 0 Å². The van der Waals surface area contributed by atoms with Gasteiger partial charge in [-0.25, -0.2) is 16.8 Å². The van der Waals surface area contributed by atoms with Gasteiger partial charge >= 0.3 is 0 Å². The van der Waals surface area contributed by atoms with Crippen LogP contribution in [0.2, 0.25) is 0 Å². The fourth-order valence-corrected chi connectivity index (χ4v) is 5.82. The number of hydrogen-bond donors (Lipinski definition) is 1. The van der Waals surface area contributed by atoms with Gasteiger partial charge in [-0.1, -0.05) is 32.0 Å². The molecule has 0 unspecified atom stereocenters. The molecule has 1 N–H and O–H groups in total. The zero-order valence-corrected chi connectivity index (χ0v) is 20.5. The van der Waals surface area contributed by atoms with Crippen LogP contribution in [0.1, 0.15) is 25.3 Å². The van der Waals surface area contributed by atoms with Gasteiger partial charge in [0.2, 0.25) is 26.0 Å². The SMILES string of the molecule is CC(C)c1ccccc1NC(=O)CN(c1ccc(S(=O)(=O)N2CCOCC2)cc1)S(C)(=O)=O. The molecule has 2 aromatic carbocycles. The third-order valence-electron chi connectivity index (χ3n) is 5.28. The number of carbonyl (C=O) groups excluding carboxylic acids is 1. The highest BCUT2D eigenvalue weighted by molar-refractivity contribution is 7.92. The first-order valence-electron chi connectivity index (χ1n) is 10.5. The van der Waals surface area contributed by atoms with Gasteiger partial charge < -0.3 is 10.1 Å². The number of nitrogens with one attached hydrogen (secondary N) is 1. The Kier molecular flexibility index (Phi) is 7.78. The van der Waals surface area contributed by atoms with E-state index in [0.717, 1.165) is 16.1 Å². The van der Waals surface area contributed by atoms with E-state index in [2.05, 4.69) is 5.32 Å². The van der Waals surface area contributed by atoms with Crippen LogP contribution in [0.5, 0.6) is 0 Å². The van der Waals surface area contributed by atoms with Crippen molar-refractivity contribution in [1.82, 2.24) is 4.31 Å². The minimum atomic E-state index is -3.80. The lowest BCUT2D eigenvalue weighted by Crippen LogP contribution is -2.40. The maximum Gasteiger partial charge on any atom is 0.245 e. The van der Waals surface area contributed by atoms with Crippen LogP contribution in [-0.2, 0) is 29.6 Å². The van der Waals surface area contributed by atoms with E-state index in [1.165, 1.54) is 28.6 Å². The van der Waals surface area contributed by atoms with Crippen molar-refractivity contribution in [3.8, 4) is 0 Å². The predicted octanol–water partition coefficient (Wildman–Crippen LogP) is 2.24. The third-order valence-corrected chi connectivity index (χ3v) is 8.33. The molecule has 1 aliphatic heterocycles. The molecule has 3 rings (SSSR count). The van der Waals surface area contributed by atoms with Crippen molar-refractivity contribution in [3.63, 3.8) is 0 Å². The quantitative estimate of drug-likeness (QED) is 0.601. The Bertz CT molecular complexity index is 1190. The van der Waals surface area contributed by atoms with Crippen LogP contribution in [-0.4, -0.2) is 66.2 Å². The standard InChI is InChI=1S/C22H29N3O6S2/c1-17(2)20-6-4-5-7-21(20)23-22(26)16-25(32(3,27)28)18-8-10-19(11-9-18)33(29,30)24-12-14-31-15-13-24/h4-11,17H,12-16H2,1-3H3,(H,23,26). The average Bonchev–Trinajstić information content (AvgIpc) is 2.77. The summed E-state index contributed by atoms with van der Waals surface area (Å²) >= 11 is 0. The van der Waals surface area contributed by atoms with Crippen LogP contribution in [0, 0.1) is 0 Å². The summed E-state index contributed by atoms with van der Waals surface area (Å²) in [5.74, 6) is -0.327. The first-order chi connectivity index (χ1) is 15.5. The molecular weight excluding hydrogens is 466 g/mol. The van der Waals surface area contributed by atoms with Crippen molar-refractivity contribution in [2.24, 2.45) is 0 Å². The summed E-state index contributed by atoms with van der Waals surface area (Å²) in [5, 5.41) is 2.78. The van der Waals surface area contributed by atoms with Crippen LogP contribution >= 0.6 is 0 Å². The molecule has 0 aliphatic carbocycles. The first kappa shape index (κ1) is 25.2. The summed E-state index contributed by atoms with van der Waals surface area (Å²) in [6.45, 7) is 4.74. The van der Waals surface area contributed by atoms with Gasteiger partial charge in [0.05, 0.1) is 30.1 Å². The second-order valence-electron chi connectivity index (χ2n) is 8.07. The molecule has 0 saturated carbocycles. The number of morpholine rings is 1. The number of benzene rings is 2. The summed E-state index contributed by atoms with van der Waals surface area (Å²) < 4.78 is 58.0. The Labute approximate surface area is 195 Å². The Balaban J connectivity index is 1.80. The lowest BCUT2D eigenvalue weighted by Gasteiger charge is -2.26. The Morgan fingerprint density at radius 1 is 1.03 bits per heavy atom. The maximum absolute atomic E-state index is 12.8. The minimum absolute atomic E-state index is 0.0527. The Morgan fingerprint density at radius 3 is 2.21 bits per heavy atom. The number of nitrogens with zero attached hydrogens (tertiary/aromatic N) is 2. The fraction of sp³-hybridized carbons (Fsp3) is 0.409. The molecule has 33 heavy (non-hydrogen) atoms. The van der Waals surface area contributed by atoms with Crippen molar-refractivity contribution >= 4 is 37.3 Å². The van der Waals surface area contributed by atoms with E-state index in [1.807, 2.05) is 26.0 Å². The molecule has 2 aromatic rings. The topological polar surface area (TPSA) is 113 Å². The van der Waals surface area contributed by atoms with Gasteiger partial charge in [-0.2, -0.15) is 4.31 Å². The fourth-order valence-electron chi connectivity index (χ4n) is 3.55. The highest BCUT2D eigenvalue weighted by Gasteiger charge is 2.27. The van der Waals surface area contributed by atoms with E-state index in [9.17, 15) is 21.6 Å².